The van der Waals surface area contributed by atoms with Crippen molar-refractivity contribution in [3.8, 4) is 0 Å². The molecule has 0 aliphatic rings. The molecule has 1 aromatic rings. The number of rotatable bonds is 7. The Labute approximate surface area is 119 Å². The summed E-state index contributed by atoms with van der Waals surface area (Å²) in [6, 6.07) is 6.29. The standard InChI is InChI=1S/C15H22N2O3/c1-10(4-3-5-11(2)16)14(18)17-13-8-6-12(7-9-13)15(19)20/h6-11H,3-5,16H2,1-2H3,(H,17,18)(H,19,20). The highest BCUT2D eigenvalue weighted by atomic mass is 16.4. The summed E-state index contributed by atoms with van der Waals surface area (Å²) in [6.07, 6.45) is 2.62. The van der Waals surface area contributed by atoms with Crippen molar-refractivity contribution in [2.75, 3.05) is 5.32 Å². The van der Waals surface area contributed by atoms with Gasteiger partial charge in [-0.05, 0) is 44.0 Å². The number of hydrogen-bond donors (Lipinski definition) is 3. The average molecular weight is 278 g/mol. The lowest BCUT2D eigenvalue weighted by atomic mass is 10.0. The molecule has 4 N–H and O–H groups in total. The van der Waals surface area contributed by atoms with Gasteiger partial charge in [0, 0.05) is 17.6 Å². The number of hydrogen-bond acceptors (Lipinski definition) is 3. The Bertz CT molecular complexity index is 455. The molecule has 0 aliphatic heterocycles. The third-order valence-corrected chi connectivity index (χ3v) is 3.14. The highest BCUT2D eigenvalue weighted by molar-refractivity contribution is 5.93. The fraction of sp³-hybridized carbons (Fsp3) is 0.467. The number of amides is 1. The second kappa shape index (κ2) is 7.65. The van der Waals surface area contributed by atoms with Gasteiger partial charge in [-0.25, -0.2) is 4.79 Å². The number of carboxylic acid groups (broad SMARTS) is 1. The molecule has 110 valence electrons. The largest absolute Gasteiger partial charge is 0.478 e. The van der Waals surface area contributed by atoms with Gasteiger partial charge in [-0.2, -0.15) is 0 Å². The monoisotopic (exact) mass is 278 g/mol. The summed E-state index contributed by atoms with van der Waals surface area (Å²) in [5, 5.41) is 11.6. The lowest BCUT2D eigenvalue weighted by Gasteiger charge is -2.13. The fourth-order valence-corrected chi connectivity index (χ4v) is 1.84. The third kappa shape index (κ3) is 5.40. The number of carboxylic acids is 1. The summed E-state index contributed by atoms with van der Waals surface area (Å²) < 4.78 is 0. The molecule has 0 bridgehead atoms. The second-order valence-electron chi connectivity index (χ2n) is 5.18. The van der Waals surface area contributed by atoms with Crippen LogP contribution in [0, 0.1) is 5.92 Å². The first kappa shape index (κ1) is 16.2. The van der Waals surface area contributed by atoms with E-state index in [0.717, 1.165) is 19.3 Å². The Balaban J connectivity index is 2.46. The first-order valence-electron chi connectivity index (χ1n) is 6.80. The van der Waals surface area contributed by atoms with Crippen LogP contribution in [0.25, 0.3) is 0 Å². The van der Waals surface area contributed by atoms with Crippen molar-refractivity contribution in [1.29, 1.82) is 0 Å². The molecule has 5 nitrogen and oxygen atoms in total. The molecule has 0 saturated carbocycles. The lowest BCUT2D eigenvalue weighted by molar-refractivity contribution is -0.119. The van der Waals surface area contributed by atoms with Gasteiger partial charge in [0.15, 0.2) is 0 Å². The van der Waals surface area contributed by atoms with E-state index in [1.165, 1.54) is 12.1 Å². The van der Waals surface area contributed by atoms with E-state index in [1.807, 2.05) is 13.8 Å². The van der Waals surface area contributed by atoms with Gasteiger partial charge >= 0.3 is 5.97 Å². The van der Waals surface area contributed by atoms with Gasteiger partial charge in [-0.15, -0.1) is 0 Å². The number of carbonyl (C=O) groups is 2. The molecular formula is C15H22N2O3. The summed E-state index contributed by atoms with van der Waals surface area (Å²) in [4.78, 5) is 22.7. The van der Waals surface area contributed by atoms with E-state index in [1.54, 1.807) is 12.1 Å². The number of anilines is 1. The van der Waals surface area contributed by atoms with E-state index < -0.39 is 5.97 Å². The lowest BCUT2D eigenvalue weighted by Crippen LogP contribution is -2.21. The Kier molecular flexibility index (Phi) is 6.18. The molecule has 1 rings (SSSR count). The molecule has 0 aliphatic carbocycles. The number of nitrogens with two attached hydrogens (primary N) is 1. The Morgan fingerprint density at radius 1 is 1.20 bits per heavy atom. The van der Waals surface area contributed by atoms with Crippen LogP contribution in [-0.4, -0.2) is 23.0 Å². The van der Waals surface area contributed by atoms with Crippen molar-refractivity contribution in [2.24, 2.45) is 11.7 Å². The van der Waals surface area contributed by atoms with Gasteiger partial charge in [0.2, 0.25) is 5.91 Å². The Morgan fingerprint density at radius 2 is 1.80 bits per heavy atom. The maximum Gasteiger partial charge on any atom is 0.335 e. The first-order valence-corrected chi connectivity index (χ1v) is 6.80. The van der Waals surface area contributed by atoms with Crippen LogP contribution in [0.2, 0.25) is 0 Å². The normalized spacial score (nSPS) is 13.6. The van der Waals surface area contributed by atoms with Crippen molar-refractivity contribution < 1.29 is 14.7 Å². The molecule has 0 heterocycles. The minimum Gasteiger partial charge on any atom is -0.478 e. The van der Waals surface area contributed by atoms with Gasteiger partial charge < -0.3 is 16.2 Å². The third-order valence-electron chi connectivity index (χ3n) is 3.14. The van der Waals surface area contributed by atoms with Crippen molar-refractivity contribution in [1.82, 2.24) is 0 Å². The van der Waals surface area contributed by atoms with E-state index in [-0.39, 0.29) is 23.4 Å². The highest BCUT2D eigenvalue weighted by Crippen LogP contribution is 2.14. The Morgan fingerprint density at radius 3 is 2.30 bits per heavy atom. The predicted molar refractivity (Wildman–Crippen MR) is 78.7 cm³/mol. The SMILES string of the molecule is CC(N)CCCC(C)C(=O)Nc1ccc(C(=O)O)cc1. The molecule has 0 radical (unpaired) electrons. The zero-order valence-corrected chi connectivity index (χ0v) is 11.9. The summed E-state index contributed by atoms with van der Waals surface area (Å²) in [6.45, 7) is 3.83. The predicted octanol–water partition coefficient (Wildman–Crippen LogP) is 2.48. The van der Waals surface area contributed by atoms with Crippen molar-refractivity contribution in [2.45, 2.75) is 39.2 Å². The molecule has 1 amide bonds. The van der Waals surface area contributed by atoms with E-state index in [0.29, 0.717) is 5.69 Å². The van der Waals surface area contributed by atoms with Crippen LogP contribution in [0.4, 0.5) is 5.69 Å². The number of benzene rings is 1. The minimum atomic E-state index is -0.979. The zero-order chi connectivity index (χ0) is 15.1. The number of nitrogens with one attached hydrogen (secondary N) is 1. The van der Waals surface area contributed by atoms with E-state index in [2.05, 4.69) is 5.32 Å². The van der Waals surface area contributed by atoms with Gasteiger partial charge in [0.05, 0.1) is 5.56 Å². The van der Waals surface area contributed by atoms with Crippen LogP contribution in [-0.2, 0) is 4.79 Å². The van der Waals surface area contributed by atoms with Crippen molar-refractivity contribution in [3.05, 3.63) is 29.8 Å². The van der Waals surface area contributed by atoms with Gasteiger partial charge in [0.25, 0.3) is 0 Å². The molecule has 0 fully saturated rings. The molecule has 0 aromatic heterocycles. The summed E-state index contributed by atoms with van der Waals surface area (Å²) in [7, 11) is 0. The summed E-state index contributed by atoms with van der Waals surface area (Å²) >= 11 is 0. The molecule has 2 unspecified atom stereocenters. The molecule has 0 spiro atoms. The van der Waals surface area contributed by atoms with Crippen LogP contribution in [0.3, 0.4) is 0 Å². The topological polar surface area (TPSA) is 92.4 Å². The van der Waals surface area contributed by atoms with Gasteiger partial charge in [-0.1, -0.05) is 13.3 Å². The zero-order valence-electron chi connectivity index (χ0n) is 11.9. The second-order valence-corrected chi connectivity index (χ2v) is 5.18. The average Bonchev–Trinajstić information content (AvgIpc) is 2.38. The molecule has 1 aromatic carbocycles. The first-order chi connectivity index (χ1) is 9.40. The summed E-state index contributed by atoms with van der Waals surface area (Å²) in [5.41, 5.74) is 6.48. The van der Waals surface area contributed by atoms with E-state index in [4.69, 9.17) is 10.8 Å². The van der Waals surface area contributed by atoms with Crippen LogP contribution in [0.1, 0.15) is 43.5 Å². The van der Waals surface area contributed by atoms with Crippen LogP contribution >= 0.6 is 0 Å². The quantitative estimate of drug-likeness (QED) is 0.714. The fourth-order valence-electron chi connectivity index (χ4n) is 1.84. The van der Waals surface area contributed by atoms with Crippen LogP contribution in [0.5, 0.6) is 0 Å². The van der Waals surface area contributed by atoms with Gasteiger partial charge in [-0.3, -0.25) is 4.79 Å². The highest BCUT2D eigenvalue weighted by Gasteiger charge is 2.13. The van der Waals surface area contributed by atoms with Gasteiger partial charge in [0.1, 0.15) is 0 Å². The maximum absolute atomic E-state index is 11.9. The van der Waals surface area contributed by atoms with Crippen molar-refractivity contribution >= 4 is 17.6 Å². The maximum atomic E-state index is 11.9. The van der Waals surface area contributed by atoms with E-state index >= 15 is 0 Å². The Hall–Kier alpha value is -1.88. The molecule has 5 heteroatoms. The van der Waals surface area contributed by atoms with E-state index in [9.17, 15) is 9.59 Å². The molecule has 0 saturated heterocycles. The van der Waals surface area contributed by atoms with Crippen LogP contribution < -0.4 is 11.1 Å². The summed E-state index contributed by atoms with van der Waals surface area (Å²) in [5.74, 6) is -1.13. The molecule has 2 atom stereocenters. The number of aromatic carboxylic acids is 1. The smallest absolute Gasteiger partial charge is 0.335 e. The van der Waals surface area contributed by atoms with Crippen LogP contribution in [0.15, 0.2) is 24.3 Å². The molecule has 20 heavy (non-hydrogen) atoms. The number of carbonyl (C=O) groups excluding carboxylic acids is 1. The van der Waals surface area contributed by atoms with Crippen molar-refractivity contribution in [3.63, 3.8) is 0 Å². The minimum absolute atomic E-state index is 0.0576. The molecular weight excluding hydrogens is 256 g/mol.